The van der Waals surface area contributed by atoms with Crippen LogP contribution >= 0.6 is 0 Å². The molecule has 6 aromatic carbocycles. The van der Waals surface area contributed by atoms with Gasteiger partial charge < -0.3 is 5.73 Å². The monoisotopic (exact) mass is 600 g/mol. The highest BCUT2D eigenvalue weighted by molar-refractivity contribution is 6.25. The molecule has 2 heteroatoms. The fraction of sp³-hybridized carbons (Fsp3) is 0.114. The van der Waals surface area contributed by atoms with Crippen LogP contribution in [-0.2, 0) is 6.54 Å². The van der Waals surface area contributed by atoms with Gasteiger partial charge >= 0.3 is 0 Å². The van der Waals surface area contributed by atoms with Crippen LogP contribution in [0, 0.1) is 6.92 Å². The maximum atomic E-state index is 5.35. The number of aliphatic imine (C=N–C) groups is 1. The number of hydrogen-bond acceptors (Lipinski definition) is 2. The molecule has 0 aromatic heterocycles. The van der Waals surface area contributed by atoms with Crippen LogP contribution in [0.2, 0.25) is 0 Å². The summed E-state index contributed by atoms with van der Waals surface area (Å²) in [4.78, 5) is 3.42. The zero-order valence-corrected chi connectivity index (χ0v) is 27.5. The van der Waals surface area contributed by atoms with Crippen molar-refractivity contribution in [1.82, 2.24) is 0 Å². The Kier molecular flexibility index (Phi) is 12.2. The van der Waals surface area contributed by atoms with Crippen LogP contribution in [0.25, 0.3) is 43.5 Å². The van der Waals surface area contributed by atoms with Gasteiger partial charge in [-0.2, -0.15) is 0 Å². The highest BCUT2D eigenvalue weighted by atomic mass is 14.6. The summed E-state index contributed by atoms with van der Waals surface area (Å²) in [6.07, 6.45) is 7.74. The Morgan fingerprint density at radius 2 is 1.20 bits per heavy atom. The smallest absolute Gasteiger partial charge is 0.0217 e. The first kappa shape index (κ1) is 33.6. The van der Waals surface area contributed by atoms with Gasteiger partial charge in [0, 0.05) is 12.7 Å². The van der Waals surface area contributed by atoms with Crippen molar-refractivity contribution in [1.29, 1.82) is 0 Å². The summed E-state index contributed by atoms with van der Waals surface area (Å²) < 4.78 is 0. The molecule has 0 bridgehead atoms. The first-order valence-corrected chi connectivity index (χ1v) is 15.6. The lowest BCUT2D eigenvalue weighted by Gasteiger charge is -2.15. The molecular formula is C44H44N2. The maximum absolute atomic E-state index is 5.35. The van der Waals surface area contributed by atoms with Crippen LogP contribution in [0.3, 0.4) is 0 Å². The second kappa shape index (κ2) is 16.7. The third-order valence-corrected chi connectivity index (χ3v) is 7.64. The van der Waals surface area contributed by atoms with E-state index in [2.05, 4.69) is 136 Å². The molecule has 0 aliphatic carbocycles. The molecule has 6 rings (SSSR count). The van der Waals surface area contributed by atoms with Crippen molar-refractivity contribution in [3.8, 4) is 0 Å². The quantitative estimate of drug-likeness (QED) is 0.0878. The van der Waals surface area contributed by atoms with Crippen molar-refractivity contribution in [3.05, 3.63) is 180 Å². The molecule has 0 amide bonds. The summed E-state index contributed by atoms with van der Waals surface area (Å²) in [6, 6.07) is 43.0. The third kappa shape index (κ3) is 8.24. The number of allylic oxidation sites excluding steroid dienone is 6. The standard InChI is InChI=1S/C33H28.C7H9N.C4H7N/c1-5-26(24-12-10-11-23(4)20-24)32(19-22(2)3)25-17-18-31-29-15-7-6-13-27(29)28-14-8-9-16-30(28)33(31)21-25;8-6-7-4-2-1-3-5-7;1-3-4-5-2/h5-21H,1H2,2-4H3;1-5H,6,8H2;3-4H,2H2,1H3/b32-26-;;4-3-. The Hall–Kier alpha value is -5.31. The van der Waals surface area contributed by atoms with E-state index in [0.29, 0.717) is 6.54 Å². The molecule has 0 fully saturated rings. The minimum Gasteiger partial charge on any atom is -0.326 e. The number of fused-ring (bicyclic) bond motifs is 6. The fourth-order valence-corrected chi connectivity index (χ4v) is 5.60. The predicted molar refractivity (Wildman–Crippen MR) is 205 cm³/mol. The lowest BCUT2D eigenvalue weighted by atomic mass is 9.89. The maximum Gasteiger partial charge on any atom is 0.0217 e. The molecule has 230 valence electrons. The van der Waals surface area contributed by atoms with Crippen LogP contribution in [0.15, 0.2) is 163 Å². The highest BCUT2D eigenvalue weighted by Crippen LogP contribution is 2.38. The van der Waals surface area contributed by atoms with Crippen LogP contribution in [-0.4, -0.2) is 6.72 Å². The van der Waals surface area contributed by atoms with E-state index in [-0.39, 0.29) is 0 Å². The van der Waals surface area contributed by atoms with Gasteiger partial charge in [-0.1, -0.05) is 151 Å². The van der Waals surface area contributed by atoms with Crippen molar-refractivity contribution < 1.29 is 0 Å². The van der Waals surface area contributed by atoms with Crippen molar-refractivity contribution in [2.24, 2.45) is 10.7 Å². The van der Waals surface area contributed by atoms with Gasteiger partial charge in [-0.25, -0.2) is 0 Å². The molecule has 46 heavy (non-hydrogen) atoms. The molecule has 0 heterocycles. The molecule has 0 atom stereocenters. The first-order chi connectivity index (χ1) is 22.4. The lowest BCUT2D eigenvalue weighted by Crippen LogP contribution is -1.94. The summed E-state index contributed by atoms with van der Waals surface area (Å²) in [5.41, 5.74) is 13.8. The van der Waals surface area contributed by atoms with Gasteiger partial charge in [0.25, 0.3) is 0 Å². The normalized spacial score (nSPS) is 11.2. The first-order valence-electron chi connectivity index (χ1n) is 15.6. The summed E-state index contributed by atoms with van der Waals surface area (Å²) in [5, 5.41) is 7.77. The van der Waals surface area contributed by atoms with Crippen LogP contribution in [0.5, 0.6) is 0 Å². The molecule has 2 nitrogen and oxygen atoms in total. The van der Waals surface area contributed by atoms with E-state index in [9.17, 15) is 0 Å². The fourth-order valence-electron chi connectivity index (χ4n) is 5.60. The predicted octanol–water partition coefficient (Wildman–Crippen LogP) is 11.9. The number of rotatable bonds is 6. The average Bonchev–Trinajstić information content (AvgIpc) is 3.09. The number of hydrogen-bond donors (Lipinski definition) is 1. The van der Waals surface area contributed by atoms with Crippen molar-refractivity contribution in [2.45, 2.75) is 34.2 Å². The molecule has 0 saturated carbocycles. The van der Waals surface area contributed by atoms with E-state index >= 15 is 0 Å². The zero-order chi connectivity index (χ0) is 32.9. The highest BCUT2D eigenvalue weighted by Gasteiger charge is 2.12. The summed E-state index contributed by atoms with van der Waals surface area (Å²) in [7, 11) is 0. The van der Waals surface area contributed by atoms with Crippen LogP contribution in [0.4, 0.5) is 0 Å². The Morgan fingerprint density at radius 1 is 0.652 bits per heavy atom. The zero-order valence-electron chi connectivity index (χ0n) is 27.5. The van der Waals surface area contributed by atoms with Gasteiger partial charge in [0.2, 0.25) is 0 Å². The molecule has 0 aliphatic heterocycles. The second-order valence-corrected chi connectivity index (χ2v) is 11.3. The topological polar surface area (TPSA) is 38.4 Å². The lowest BCUT2D eigenvalue weighted by molar-refractivity contribution is 1.07. The minimum absolute atomic E-state index is 0.640. The number of nitrogens with zero attached hydrogens (tertiary/aromatic N) is 1. The van der Waals surface area contributed by atoms with E-state index in [1.807, 2.05) is 49.4 Å². The Labute approximate surface area is 274 Å². The van der Waals surface area contributed by atoms with Gasteiger partial charge in [0.1, 0.15) is 0 Å². The van der Waals surface area contributed by atoms with E-state index in [0.717, 1.165) is 5.57 Å². The third-order valence-electron chi connectivity index (χ3n) is 7.64. The Balaban J connectivity index is 0.000000309. The molecular weight excluding hydrogens is 556 g/mol. The number of benzene rings is 6. The average molecular weight is 601 g/mol. The van der Waals surface area contributed by atoms with Gasteiger partial charge in [-0.3, -0.25) is 4.99 Å². The van der Waals surface area contributed by atoms with Gasteiger partial charge in [0.05, 0.1) is 0 Å². The molecule has 6 aromatic rings. The van der Waals surface area contributed by atoms with Crippen molar-refractivity contribution in [3.63, 3.8) is 0 Å². The SMILES string of the molecule is C=C/C(=C(\C=C(C)C)c1ccc2c3ccccc3c3ccccc3c2c1)c1cccc(C)c1.C=N/C=C\C.NCc1ccccc1. The van der Waals surface area contributed by atoms with Gasteiger partial charge in [0.15, 0.2) is 0 Å². The minimum atomic E-state index is 0.640. The molecule has 0 aliphatic rings. The van der Waals surface area contributed by atoms with Crippen LogP contribution in [0.1, 0.15) is 43.0 Å². The number of aryl methyl sites for hydroxylation is 1. The van der Waals surface area contributed by atoms with E-state index in [1.54, 1.807) is 6.20 Å². The summed E-state index contributed by atoms with van der Waals surface area (Å²) in [6.45, 7) is 16.4. The molecule has 2 N–H and O–H groups in total. The van der Waals surface area contributed by atoms with Crippen molar-refractivity contribution >= 4 is 50.2 Å². The van der Waals surface area contributed by atoms with E-state index in [1.165, 1.54) is 65.7 Å². The molecule has 0 radical (unpaired) electrons. The molecule has 0 saturated heterocycles. The Bertz CT molecular complexity index is 2000. The van der Waals surface area contributed by atoms with Crippen LogP contribution < -0.4 is 5.73 Å². The second-order valence-electron chi connectivity index (χ2n) is 11.3. The van der Waals surface area contributed by atoms with E-state index < -0.39 is 0 Å². The summed E-state index contributed by atoms with van der Waals surface area (Å²) >= 11 is 0. The largest absolute Gasteiger partial charge is 0.326 e. The van der Waals surface area contributed by atoms with Gasteiger partial charge in [-0.05, 0) is 101 Å². The number of nitrogens with two attached hydrogens (primary N) is 1. The Morgan fingerprint density at radius 3 is 1.65 bits per heavy atom. The summed E-state index contributed by atoms with van der Waals surface area (Å²) in [5.74, 6) is 0. The van der Waals surface area contributed by atoms with Gasteiger partial charge in [-0.15, -0.1) is 0 Å². The van der Waals surface area contributed by atoms with E-state index in [4.69, 9.17) is 5.73 Å². The molecule has 0 unspecified atom stereocenters. The molecule has 0 spiro atoms. The van der Waals surface area contributed by atoms with Crippen molar-refractivity contribution in [2.75, 3.05) is 0 Å².